The normalized spacial score (nSPS) is 10.7. The number of anilines is 1. The first kappa shape index (κ1) is 15.0. The molecule has 0 radical (unpaired) electrons. The molecule has 0 unspecified atom stereocenters. The minimum absolute atomic E-state index is 0.276. The Labute approximate surface area is 113 Å². The molecule has 0 fully saturated rings. The fraction of sp³-hybridized carbons (Fsp3) is 0.333. The van der Waals surface area contributed by atoms with Gasteiger partial charge in [-0.1, -0.05) is 26.0 Å². The summed E-state index contributed by atoms with van der Waals surface area (Å²) >= 11 is 0. The van der Waals surface area contributed by atoms with E-state index in [-0.39, 0.29) is 11.8 Å². The molecule has 0 aliphatic carbocycles. The largest absolute Gasteiger partial charge is 0.462 e. The van der Waals surface area contributed by atoms with Crippen LogP contribution in [-0.4, -0.2) is 18.5 Å². The molecule has 0 aliphatic rings. The minimum Gasteiger partial charge on any atom is -0.462 e. The van der Waals surface area contributed by atoms with Gasteiger partial charge in [-0.2, -0.15) is 0 Å². The minimum atomic E-state index is -0.506. The molecule has 0 aromatic heterocycles. The Bertz CT molecular complexity index is 478. The zero-order chi connectivity index (χ0) is 14.3. The van der Waals surface area contributed by atoms with Gasteiger partial charge in [0, 0.05) is 17.8 Å². The van der Waals surface area contributed by atoms with Crippen LogP contribution in [0.4, 0.5) is 5.69 Å². The summed E-state index contributed by atoms with van der Waals surface area (Å²) in [5.41, 5.74) is 1.75. The van der Waals surface area contributed by atoms with Crippen LogP contribution < -0.4 is 5.32 Å². The third-order valence-electron chi connectivity index (χ3n) is 2.22. The molecular weight excluding hydrogens is 242 g/mol. The topological polar surface area (TPSA) is 55.4 Å². The second-order valence-corrected chi connectivity index (χ2v) is 4.72. The molecule has 0 atom stereocenters. The van der Waals surface area contributed by atoms with Crippen LogP contribution in [0.1, 0.15) is 19.4 Å². The first-order chi connectivity index (χ1) is 8.97. The van der Waals surface area contributed by atoms with E-state index in [1.54, 1.807) is 6.07 Å². The predicted octanol–water partition coefficient (Wildman–Crippen LogP) is 2.69. The fourth-order valence-corrected chi connectivity index (χ4v) is 1.35. The van der Waals surface area contributed by atoms with Crippen molar-refractivity contribution in [2.24, 2.45) is 5.92 Å². The summed E-state index contributed by atoms with van der Waals surface area (Å²) in [4.78, 5) is 22.8. The molecule has 0 heterocycles. The summed E-state index contributed by atoms with van der Waals surface area (Å²) in [5, 5.41) is 2.67. The molecule has 0 aliphatic heterocycles. The lowest BCUT2D eigenvalue weighted by molar-refractivity contribution is -0.138. The van der Waals surface area contributed by atoms with Crippen LogP contribution >= 0.6 is 0 Å². The molecule has 4 heteroatoms. The number of hydrogen-bond donors (Lipinski definition) is 1. The number of hydrogen-bond acceptors (Lipinski definition) is 3. The van der Waals surface area contributed by atoms with Gasteiger partial charge in [0.15, 0.2) is 0 Å². The van der Waals surface area contributed by atoms with Crippen molar-refractivity contribution in [3.8, 4) is 0 Å². The van der Waals surface area contributed by atoms with Crippen LogP contribution in [0.3, 0.4) is 0 Å². The Kier molecular flexibility index (Phi) is 5.79. The highest BCUT2D eigenvalue weighted by atomic mass is 16.5. The predicted molar refractivity (Wildman–Crippen MR) is 74.7 cm³/mol. The Morgan fingerprint density at radius 3 is 2.68 bits per heavy atom. The third kappa shape index (κ3) is 6.41. The number of carbonyl (C=O) groups excluding carboxylic acids is 2. The number of nitrogens with one attached hydrogen (secondary N) is 1. The summed E-state index contributed by atoms with van der Waals surface area (Å²) in [5.74, 6) is -0.585. The maximum absolute atomic E-state index is 11.6. The molecule has 4 nitrogen and oxygen atoms in total. The first-order valence-corrected chi connectivity index (χ1v) is 6.20. The highest BCUT2D eigenvalue weighted by Crippen LogP contribution is 2.09. The molecule has 1 aromatic carbocycles. The van der Waals surface area contributed by atoms with Gasteiger partial charge in [0.25, 0.3) is 0 Å². The first-order valence-electron chi connectivity index (χ1n) is 6.20. The van der Waals surface area contributed by atoms with Crippen LogP contribution in [0.25, 0.3) is 0 Å². The van der Waals surface area contributed by atoms with Gasteiger partial charge in [-0.3, -0.25) is 4.79 Å². The SMILES string of the molecule is Cc1cccc(NC(=O)/C=C/C(=O)OCC(C)C)c1. The fourth-order valence-electron chi connectivity index (χ4n) is 1.35. The zero-order valence-corrected chi connectivity index (χ0v) is 11.5. The quantitative estimate of drug-likeness (QED) is 0.655. The molecule has 0 saturated heterocycles. The number of esters is 1. The molecule has 102 valence electrons. The molecule has 19 heavy (non-hydrogen) atoms. The van der Waals surface area contributed by atoms with E-state index in [0.29, 0.717) is 12.3 Å². The molecule has 1 aromatic rings. The van der Waals surface area contributed by atoms with Gasteiger partial charge < -0.3 is 10.1 Å². The number of benzene rings is 1. The van der Waals surface area contributed by atoms with Gasteiger partial charge in [-0.25, -0.2) is 4.79 Å². The van der Waals surface area contributed by atoms with Crippen LogP contribution in [0.15, 0.2) is 36.4 Å². The number of aryl methyl sites for hydroxylation is 1. The van der Waals surface area contributed by atoms with Gasteiger partial charge in [-0.05, 0) is 30.5 Å². The smallest absolute Gasteiger partial charge is 0.330 e. The molecule has 0 bridgehead atoms. The van der Waals surface area contributed by atoms with Crippen molar-refractivity contribution in [2.75, 3.05) is 11.9 Å². The lowest BCUT2D eigenvalue weighted by Gasteiger charge is -2.04. The standard InChI is InChI=1S/C15H19NO3/c1-11(2)10-19-15(18)8-7-14(17)16-13-6-4-5-12(3)9-13/h4-9,11H,10H2,1-3H3,(H,16,17)/b8-7+. The van der Waals surface area contributed by atoms with Crippen molar-refractivity contribution in [2.45, 2.75) is 20.8 Å². The van der Waals surface area contributed by atoms with Crippen molar-refractivity contribution in [1.82, 2.24) is 0 Å². The van der Waals surface area contributed by atoms with Gasteiger partial charge in [-0.15, -0.1) is 0 Å². The molecular formula is C15H19NO3. The number of ether oxygens (including phenoxy) is 1. The van der Waals surface area contributed by atoms with Crippen molar-refractivity contribution >= 4 is 17.6 Å². The van der Waals surface area contributed by atoms with Crippen molar-refractivity contribution < 1.29 is 14.3 Å². The average molecular weight is 261 g/mol. The summed E-state index contributed by atoms with van der Waals surface area (Å²) in [6.45, 7) is 6.18. The highest BCUT2D eigenvalue weighted by molar-refractivity contribution is 6.02. The average Bonchev–Trinajstić information content (AvgIpc) is 2.34. The maximum atomic E-state index is 11.6. The maximum Gasteiger partial charge on any atom is 0.330 e. The summed E-state index contributed by atoms with van der Waals surface area (Å²) < 4.78 is 4.92. The van der Waals surface area contributed by atoms with Gasteiger partial charge in [0.1, 0.15) is 0 Å². The molecule has 1 amide bonds. The zero-order valence-electron chi connectivity index (χ0n) is 11.5. The van der Waals surface area contributed by atoms with Crippen LogP contribution in [-0.2, 0) is 14.3 Å². The van der Waals surface area contributed by atoms with Crippen LogP contribution in [0.2, 0.25) is 0 Å². The van der Waals surface area contributed by atoms with E-state index in [1.807, 2.05) is 39.0 Å². The van der Waals surface area contributed by atoms with E-state index in [1.165, 1.54) is 6.08 Å². The second kappa shape index (κ2) is 7.36. The lowest BCUT2D eigenvalue weighted by atomic mass is 10.2. The lowest BCUT2D eigenvalue weighted by Crippen LogP contribution is -2.11. The van der Waals surface area contributed by atoms with E-state index in [4.69, 9.17) is 4.74 Å². The number of carbonyl (C=O) groups is 2. The molecule has 0 spiro atoms. The number of rotatable bonds is 5. The van der Waals surface area contributed by atoms with Crippen molar-refractivity contribution in [3.05, 3.63) is 42.0 Å². The molecule has 1 rings (SSSR count). The van der Waals surface area contributed by atoms with E-state index in [2.05, 4.69) is 5.32 Å². The van der Waals surface area contributed by atoms with E-state index in [9.17, 15) is 9.59 Å². The number of amides is 1. The van der Waals surface area contributed by atoms with Crippen LogP contribution in [0.5, 0.6) is 0 Å². The van der Waals surface area contributed by atoms with Gasteiger partial charge >= 0.3 is 5.97 Å². The Hall–Kier alpha value is -2.10. The highest BCUT2D eigenvalue weighted by Gasteiger charge is 2.02. The van der Waals surface area contributed by atoms with Gasteiger partial charge in [0.05, 0.1) is 6.61 Å². The third-order valence-corrected chi connectivity index (χ3v) is 2.22. The van der Waals surface area contributed by atoms with Gasteiger partial charge in [0.2, 0.25) is 5.91 Å². The Balaban J connectivity index is 2.44. The van der Waals surface area contributed by atoms with Crippen molar-refractivity contribution in [3.63, 3.8) is 0 Å². The Morgan fingerprint density at radius 1 is 1.32 bits per heavy atom. The monoisotopic (exact) mass is 261 g/mol. The van der Waals surface area contributed by atoms with E-state index < -0.39 is 5.97 Å². The van der Waals surface area contributed by atoms with Crippen LogP contribution in [0, 0.1) is 12.8 Å². The van der Waals surface area contributed by atoms with E-state index in [0.717, 1.165) is 11.6 Å². The Morgan fingerprint density at radius 2 is 2.05 bits per heavy atom. The van der Waals surface area contributed by atoms with E-state index >= 15 is 0 Å². The summed E-state index contributed by atoms with van der Waals surface area (Å²) in [6, 6.07) is 7.43. The molecule has 0 saturated carbocycles. The summed E-state index contributed by atoms with van der Waals surface area (Å²) in [7, 11) is 0. The summed E-state index contributed by atoms with van der Waals surface area (Å²) in [6.07, 6.45) is 2.30. The second-order valence-electron chi connectivity index (χ2n) is 4.72. The molecule has 1 N–H and O–H groups in total. The van der Waals surface area contributed by atoms with Crippen molar-refractivity contribution in [1.29, 1.82) is 0 Å².